The van der Waals surface area contributed by atoms with E-state index >= 15 is 0 Å². The Labute approximate surface area is 221 Å². The zero-order valence-corrected chi connectivity index (χ0v) is 21.1. The van der Waals surface area contributed by atoms with Gasteiger partial charge in [0.2, 0.25) is 0 Å². The van der Waals surface area contributed by atoms with Crippen LogP contribution in [0.5, 0.6) is 0 Å². The molecule has 2 aliphatic heterocycles. The SMILES string of the molecule is O=C1N(Cc2ccccc2)c2c(Cl)cccc2[C@]12c1[nH]c3ccccc3c1CCN2Cc1ccccc1. The number of para-hydroxylation sites is 2. The first-order valence-electron chi connectivity index (χ1n) is 12.7. The molecule has 4 aromatic carbocycles. The fourth-order valence-corrected chi connectivity index (χ4v) is 6.58. The van der Waals surface area contributed by atoms with Gasteiger partial charge in [-0.05, 0) is 35.2 Å². The summed E-state index contributed by atoms with van der Waals surface area (Å²) in [5, 5.41) is 1.79. The van der Waals surface area contributed by atoms with E-state index in [2.05, 4.69) is 70.5 Å². The average molecular weight is 504 g/mol. The predicted molar refractivity (Wildman–Crippen MR) is 149 cm³/mol. The second-order valence-corrected chi connectivity index (χ2v) is 10.3. The number of fused-ring (bicyclic) bond motifs is 6. The highest BCUT2D eigenvalue weighted by Gasteiger charge is 2.59. The number of amides is 1. The van der Waals surface area contributed by atoms with E-state index in [-0.39, 0.29) is 5.91 Å². The molecule has 0 saturated carbocycles. The van der Waals surface area contributed by atoms with Crippen LogP contribution in [-0.4, -0.2) is 22.3 Å². The van der Waals surface area contributed by atoms with E-state index in [0.29, 0.717) is 18.1 Å². The number of H-pyrrole nitrogens is 1. The van der Waals surface area contributed by atoms with Gasteiger partial charge in [0.25, 0.3) is 5.91 Å². The van der Waals surface area contributed by atoms with Crippen LogP contribution in [0.25, 0.3) is 10.9 Å². The number of halogens is 1. The summed E-state index contributed by atoms with van der Waals surface area (Å²) in [7, 11) is 0. The Balaban J connectivity index is 1.49. The molecule has 1 amide bonds. The van der Waals surface area contributed by atoms with Crippen molar-refractivity contribution in [2.75, 3.05) is 11.4 Å². The monoisotopic (exact) mass is 503 g/mol. The number of rotatable bonds is 4. The number of nitrogens with one attached hydrogen (secondary N) is 1. The number of hydrogen-bond donors (Lipinski definition) is 1. The Hall–Kier alpha value is -3.86. The lowest BCUT2D eigenvalue weighted by molar-refractivity contribution is -0.129. The standard InChI is InChI=1S/C32H26ClN3O/c33-27-16-9-15-26-29(27)36(21-23-12-5-2-6-13-23)31(37)32(26)30-25(24-14-7-8-17-28(24)34-30)18-19-35(32)20-22-10-3-1-4-11-22/h1-17,34H,18-21H2/t32-/m0/s1. The van der Waals surface area contributed by atoms with Crippen molar-refractivity contribution in [1.82, 2.24) is 9.88 Å². The number of carbonyl (C=O) groups is 1. The summed E-state index contributed by atoms with van der Waals surface area (Å²) in [6.45, 7) is 1.89. The van der Waals surface area contributed by atoms with Gasteiger partial charge in [0, 0.05) is 29.6 Å². The molecular formula is C32H26ClN3O. The molecular weight excluding hydrogens is 478 g/mol. The molecule has 5 aromatic rings. The van der Waals surface area contributed by atoms with Crippen LogP contribution in [-0.2, 0) is 29.8 Å². The summed E-state index contributed by atoms with van der Waals surface area (Å²) in [6, 6.07) is 34.9. The Kier molecular flexibility index (Phi) is 5.20. The molecule has 0 unspecified atom stereocenters. The van der Waals surface area contributed by atoms with Crippen LogP contribution < -0.4 is 4.90 Å². The summed E-state index contributed by atoms with van der Waals surface area (Å²) >= 11 is 6.89. The molecule has 2 aliphatic rings. The van der Waals surface area contributed by atoms with Crippen LogP contribution in [0.1, 0.15) is 27.9 Å². The molecule has 0 radical (unpaired) electrons. The number of benzene rings is 4. The van der Waals surface area contributed by atoms with Crippen molar-refractivity contribution in [3.63, 3.8) is 0 Å². The summed E-state index contributed by atoms with van der Waals surface area (Å²) in [5.41, 5.74) is 6.27. The van der Waals surface area contributed by atoms with Crippen LogP contribution in [0.4, 0.5) is 5.69 Å². The highest BCUT2D eigenvalue weighted by atomic mass is 35.5. The van der Waals surface area contributed by atoms with Crippen molar-refractivity contribution < 1.29 is 4.79 Å². The minimum absolute atomic E-state index is 0.0443. The molecule has 3 heterocycles. The van der Waals surface area contributed by atoms with Gasteiger partial charge < -0.3 is 9.88 Å². The fraction of sp³-hybridized carbons (Fsp3) is 0.156. The third-order valence-electron chi connectivity index (χ3n) is 7.88. The van der Waals surface area contributed by atoms with E-state index < -0.39 is 5.54 Å². The van der Waals surface area contributed by atoms with Crippen molar-refractivity contribution in [3.8, 4) is 0 Å². The van der Waals surface area contributed by atoms with Gasteiger partial charge in [0.05, 0.1) is 22.9 Å². The second kappa shape index (κ2) is 8.62. The minimum Gasteiger partial charge on any atom is -0.356 e. The van der Waals surface area contributed by atoms with Crippen molar-refractivity contribution >= 4 is 34.1 Å². The number of aromatic nitrogens is 1. The number of anilines is 1. The van der Waals surface area contributed by atoms with Gasteiger partial charge in [0.1, 0.15) is 0 Å². The molecule has 1 aromatic heterocycles. The molecule has 37 heavy (non-hydrogen) atoms. The molecule has 0 saturated heterocycles. The molecule has 0 aliphatic carbocycles. The van der Waals surface area contributed by atoms with E-state index in [9.17, 15) is 4.79 Å². The third-order valence-corrected chi connectivity index (χ3v) is 8.19. The van der Waals surface area contributed by atoms with Crippen LogP contribution >= 0.6 is 11.6 Å². The second-order valence-electron chi connectivity index (χ2n) is 9.90. The Morgan fingerprint density at radius 3 is 2.22 bits per heavy atom. The molecule has 0 bridgehead atoms. The lowest BCUT2D eigenvalue weighted by Crippen LogP contribution is -2.56. The quantitative estimate of drug-likeness (QED) is 0.297. The smallest absolute Gasteiger partial charge is 0.258 e. The predicted octanol–water partition coefficient (Wildman–Crippen LogP) is 6.67. The molecule has 1 spiro atoms. The normalized spacial score (nSPS) is 18.9. The van der Waals surface area contributed by atoms with Gasteiger partial charge in [-0.2, -0.15) is 0 Å². The van der Waals surface area contributed by atoms with Crippen molar-refractivity contribution in [2.24, 2.45) is 0 Å². The van der Waals surface area contributed by atoms with Crippen molar-refractivity contribution in [3.05, 3.63) is 136 Å². The first kappa shape index (κ1) is 22.3. The van der Waals surface area contributed by atoms with E-state index in [1.807, 2.05) is 47.4 Å². The fourth-order valence-electron chi connectivity index (χ4n) is 6.30. The summed E-state index contributed by atoms with van der Waals surface area (Å²) in [5.74, 6) is 0.0443. The van der Waals surface area contributed by atoms with Gasteiger partial charge >= 0.3 is 0 Å². The third kappa shape index (κ3) is 3.29. The average Bonchev–Trinajstić information content (AvgIpc) is 3.42. The molecule has 4 nitrogen and oxygen atoms in total. The largest absolute Gasteiger partial charge is 0.356 e. The minimum atomic E-state index is -0.989. The molecule has 182 valence electrons. The number of aromatic amines is 1. The first-order valence-corrected chi connectivity index (χ1v) is 13.1. The lowest BCUT2D eigenvalue weighted by atomic mass is 9.79. The molecule has 0 fully saturated rings. The van der Waals surface area contributed by atoms with Gasteiger partial charge in [-0.15, -0.1) is 0 Å². The molecule has 1 atom stereocenters. The van der Waals surface area contributed by atoms with Crippen LogP contribution in [0.2, 0.25) is 5.02 Å². The van der Waals surface area contributed by atoms with E-state index in [4.69, 9.17) is 11.6 Å². The van der Waals surface area contributed by atoms with Crippen LogP contribution in [0.15, 0.2) is 103 Å². The summed E-state index contributed by atoms with van der Waals surface area (Å²) in [6.07, 6.45) is 0.871. The number of hydrogen-bond acceptors (Lipinski definition) is 2. The van der Waals surface area contributed by atoms with Crippen molar-refractivity contribution in [1.29, 1.82) is 0 Å². The zero-order valence-electron chi connectivity index (χ0n) is 20.3. The Morgan fingerprint density at radius 2 is 1.46 bits per heavy atom. The number of nitrogens with zero attached hydrogens (tertiary/aromatic N) is 2. The lowest BCUT2D eigenvalue weighted by Gasteiger charge is -2.43. The van der Waals surface area contributed by atoms with E-state index in [1.54, 1.807) is 0 Å². The van der Waals surface area contributed by atoms with E-state index in [1.165, 1.54) is 16.5 Å². The molecule has 5 heteroatoms. The topological polar surface area (TPSA) is 39.3 Å². The highest BCUT2D eigenvalue weighted by molar-refractivity contribution is 6.35. The van der Waals surface area contributed by atoms with Crippen LogP contribution in [0.3, 0.4) is 0 Å². The molecule has 1 N–H and O–H groups in total. The van der Waals surface area contributed by atoms with Gasteiger partial charge in [-0.3, -0.25) is 9.69 Å². The maximum atomic E-state index is 14.9. The molecule has 7 rings (SSSR count). The first-order chi connectivity index (χ1) is 18.2. The highest BCUT2D eigenvalue weighted by Crippen LogP contribution is 2.54. The Bertz CT molecular complexity index is 1630. The van der Waals surface area contributed by atoms with Crippen LogP contribution in [0, 0.1) is 0 Å². The van der Waals surface area contributed by atoms with Gasteiger partial charge in [-0.1, -0.05) is 103 Å². The van der Waals surface area contributed by atoms with E-state index in [0.717, 1.165) is 41.0 Å². The van der Waals surface area contributed by atoms with Gasteiger partial charge in [0.15, 0.2) is 5.54 Å². The maximum absolute atomic E-state index is 14.9. The summed E-state index contributed by atoms with van der Waals surface area (Å²) in [4.78, 5) is 22.9. The van der Waals surface area contributed by atoms with Crippen molar-refractivity contribution in [2.45, 2.75) is 25.0 Å². The van der Waals surface area contributed by atoms with Gasteiger partial charge in [-0.25, -0.2) is 0 Å². The zero-order chi connectivity index (χ0) is 25.0. The Morgan fingerprint density at radius 1 is 0.784 bits per heavy atom. The summed E-state index contributed by atoms with van der Waals surface area (Å²) < 4.78 is 0. The maximum Gasteiger partial charge on any atom is 0.258 e. The number of carbonyl (C=O) groups excluding carboxylic acids is 1.